The highest BCUT2D eigenvalue weighted by molar-refractivity contribution is 6.71. The third-order valence-corrected chi connectivity index (χ3v) is 4.09. The molecule has 0 aliphatic carbocycles. The van der Waals surface area contributed by atoms with E-state index < -0.39 is 17.6 Å². The molecule has 0 aromatic carbocycles. The van der Waals surface area contributed by atoms with Crippen molar-refractivity contribution in [3.8, 4) is 0 Å². The van der Waals surface area contributed by atoms with Crippen molar-refractivity contribution in [3.63, 3.8) is 0 Å². The van der Waals surface area contributed by atoms with Gasteiger partial charge in [-0.05, 0) is 13.1 Å². The molecule has 0 fully saturated rings. The van der Waals surface area contributed by atoms with E-state index in [-0.39, 0.29) is 0 Å². The first-order valence-electron chi connectivity index (χ1n) is 2.63. The predicted molar refractivity (Wildman–Crippen MR) is 38.3 cm³/mol. The fourth-order valence-electron chi connectivity index (χ4n) is 0.500. The summed E-state index contributed by atoms with van der Waals surface area (Å²) in [6.07, 6.45) is 0. The molecule has 0 heterocycles. The molecule has 8 heavy (non-hydrogen) atoms. The van der Waals surface area contributed by atoms with Crippen molar-refractivity contribution in [2.45, 2.75) is 26.2 Å². The molecule has 1 N–H and O–H groups in total. The first-order chi connectivity index (χ1) is 3.42. The number of rotatable bonds is 2. The van der Waals surface area contributed by atoms with E-state index in [1.807, 2.05) is 13.1 Å². The topological polar surface area (TPSA) is 29.5 Å². The van der Waals surface area contributed by atoms with Crippen molar-refractivity contribution in [2.75, 3.05) is 0 Å². The Bertz CT molecular complexity index is 66.9. The van der Waals surface area contributed by atoms with Gasteiger partial charge in [0.05, 0.1) is 13.1 Å². The average molecular weight is 149 g/mol. The van der Waals surface area contributed by atoms with E-state index in [9.17, 15) is 0 Å². The Morgan fingerprint density at radius 1 is 1.38 bits per heavy atom. The van der Waals surface area contributed by atoms with E-state index in [1.165, 1.54) is 0 Å². The van der Waals surface area contributed by atoms with Gasteiger partial charge in [-0.3, -0.25) is 0 Å². The molecule has 0 amide bonds. The van der Waals surface area contributed by atoms with Crippen LogP contribution in [0.4, 0.5) is 0 Å². The van der Waals surface area contributed by atoms with Gasteiger partial charge in [-0.1, -0.05) is 0 Å². The van der Waals surface area contributed by atoms with Crippen LogP contribution in [0.3, 0.4) is 0 Å². The average Bonchev–Trinajstić information content (AvgIpc) is 1.21. The molecule has 0 atom stereocenters. The minimum Gasteiger partial charge on any atom is -0.409 e. The summed E-state index contributed by atoms with van der Waals surface area (Å²) in [7, 11) is -2.86. The maximum Gasteiger partial charge on any atom is 0.456 e. The Morgan fingerprint density at radius 2 is 1.75 bits per heavy atom. The summed E-state index contributed by atoms with van der Waals surface area (Å²) in [5.74, 6) is 0. The Morgan fingerprint density at radius 3 is 1.75 bits per heavy atom. The van der Waals surface area contributed by atoms with Gasteiger partial charge in [0.1, 0.15) is 0 Å². The monoisotopic (exact) mass is 149 g/mol. The van der Waals surface area contributed by atoms with Crippen molar-refractivity contribution in [1.29, 1.82) is 0 Å². The van der Waals surface area contributed by atoms with Crippen molar-refractivity contribution in [2.24, 2.45) is 0 Å². The molecular formula is C4H13O2Si2+. The van der Waals surface area contributed by atoms with Gasteiger partial charge in [-0.2, -0.15) is 0 Å². The second-order valence-corrected chi connectivity index (χ2v) is 7.98. The molecule has 0 aromatic rings. The molecule has 0 radical (unpaired) electrons. The molecule has 0 bridgehead atoms. The normalized spacial score (nSPS) is 11.6. The molecule has 0 aliphatic rings. The van der Waals surface area contributed by atoms with Gasteiger partial charge >= 0.3 is 17.6 Å². The zero-order chi connectivity index (χ0) is 6.78. The Balaban J connectivity index is 3.39. The maximum atomic E-state index is 9.13. The summed E-state index contributed by atoms with van der Waals surface area (Å²) in [5.41, 5.74) is 0. The lowest BCUT2D eigenvalue weighted by Gasteiger charge is -2.06. The highest BCUT2D eigenvalue weighted by Gasteiger charge is 2.29. The maximum absolute atomic E-state index is 9.13. The summed E-state index contributed by atoms with van der Waals surface area (Å²) < 4.78 is 5.23. The molecule has 4 heteroatoms. The lowest BCUT2D eigenvalue weighted by Crippen LogP contribution is -2.34. The van der Waals surface area contributed by atoms with Gasteiger partial charge < -0.3 is 4.80 Å². The minimum absolute atomic E-state index is 0.680. The smallest absolute Gasteiger partial charge is 0.409 e. The van der Waals surface area contributed by atoms with E-state index in [2.05, 4.69) is 0 Å². The second-order valence-electron chi connectivity index (χ2n) is 2.46. The Hall–Kier alpha value is 0.354. The van der Waals surface area contributed by atoms with E-state index in [0.717, 1.165) is 0 Å². The van der Waals surface area contributed by atoms with Crippen molar-refractivity contribution in [3.05, 3.63) is 0 Å². The predicted octanol–water partition coefficient (Wildman–Crippen LogP) is 0.948. The van der Waals surface area contributed by atoms with Gasteiger partial charge in [0.15, 0.2) is 0 Å². The fourth-order valence-corrected chi connectivity index (χ4v) is 4.50. The van der Waals surface area contributed by atoms with Gasteiger partial charge in [-0.15, -0.1) is 0 Å². The van der Waals surface area contributed by atoms with E-state index in [0.29, 0.717) is 0 Å². The van der Waals surface area contributed by atoms with Gasteiger partial charge in [0.25, 0.3) is 0 Å². The summed E-state index contributed by atoms with van der Waals surface area (Å²) in [5, 5.41) is 0. The van der Waals surface area contributed by atoms with Crippen LogP contribution >= 0.6 is 0 Å². The number of hydrogen-bond donors (Lipinski definition) is 1. The Labute approximate surface area is 53.5 Å². The summed E-state index contributed by atoms with van der Waals surface area (Å²) in [6.45, 7) is 7.61. The highest BCUT2D eigenvalue weighted by Crippen LogP contribution is 1.99. The van der Waals surface area contributed by atoms with Crippen LogP contribution in [-0.2, 0) is 4.12 Å². The molecule has 0 aliphatic heterocycles. The van der Waals surface area contributed by atoms with Crippen LogP contribution in [0, 0.1) is 0 Å². The van der Waals surface area contributed by atoms with Crippen LogP contribution < -0.4 is 0 Å². The van der Waals surface area contributed by atoms with Gasteiger partial charge in [-0.25, -0.2) is 4.12 Å². The quantitative estimate of drug-likeness (QED) is 0.592. The van der Waals surface area contributed by atoms with Crippen LogP contribution in [0.15, 0.2) is 0 Å². The zero-order valence-electron chi connectivity index (χ0n) is 5.86. The fraction of sp³-hybridized carbons (Fsp3) is 1.00. The molecule has 0 rings (SSSR count). The lowest BCUT2D eigenvalue weighted by atomic mass is 11.9. The van der Waals surface area contributed by atoms with Crippen LogP contribution in [-0.4, -0.2) is 22.4 Å². The molecule has 0 unspecified atom stereocenters. The zero-order valence-corrected chi connectivity index (χ0v) is 7.86. The van der Waals surface area contributed by atoms with Crippen molar-refractivity contribution >= 4 is 17.6 Å². The summed E-state index contributed by atoms with van der Waals surface area (Å²) in [4.78, 5) is 9.13. The molecule has 0 spiro atoms. The molecule has 48 valence electrons. The van der Waals surface area contributed by atoms with Gasteiger partial charge in [0.2, 0.25) is 0 Å². The highest BCUT2D eigenvalue weighted by atomic mass is 28.4. The van der Waals surface area contributed by atoms with Crippen LogP contribution in [0.25, 0.3) is 0 Å². The molecule has 0 saturated heterocycles. The molecule has 2 nitrogen and oxygen atoms in total. The third-order valence-electron chi connectivity index (χ3n) is 0.454. The van der Waals surface area contributed by atoms with E-state index in [1.54, 1.807) is 13.1 Å². The molecule has 0 saturated carbocycles. The first-order valence-corrected chi connectivity index (χ1v) is 7.90. The van der Waals surface area contributed by atoms with Crippen LogP contribution in [0.1, 0.15) is 0 Å². The standard InChI is InChI=1S/C4H13O2Si2/c1-7(2)6-8(3,4)5/h5H,1-4H3/q+1. The largest absolute Gasteiger partial charge is 0.456 e. The minimum atomic E-state index is -2.18. The van der Waals surface area contributed by atoms with E-state index >= 15 is 0 Å². The summed E-state index contributed by atoms with van der Waals surface area (Å²) >= 11 is 0. The van der Waals surface area contributed by atoms with Crippen LogP contribution in [0.5, 0.6) is 0 Å². The molecule has 0 aromatic heterocycles. The van der Waals surface area contributed by atoms with Crippen molar-refractivity contribution < 1.29 is 8.91 Å². The second kappa shape index (κ2) is 2.77. The van der Waals surface area contributed by atoms with E-state index in [4.69, 9.17) is 8.91 Å². The molecular weight excluding hydrogens is 136 g/mol. The first kappa shape index (κ1) is 8.35. The third kappa shape index (κ3) is 6.35. The van der Waals surface area contributed by atoms with Crippen LogP contribution in [0.2, 0.25) is 26.2 Å². The van der Waals surface area contributed by atoms with Gasteiger partial charge in [0, 0.05) is 0 Å². The summed E-state index contributed by atoms with van der Waals surface area (Å²) in [6, 6.07) is 0. The SMILES string of the molecule is C[Si+](C)O[Si](C)(C)O. The van der Waals surface area contributed by atoms with Crippen molar-refractivity contribution in [1.82, 2.24) is 0 Å². The Kier molecular flexibility index (Phi) is 2.89. The number of hydrogen-bond acceptors (Lipinski definition) is 2. The lowest BCUT2D eigenvalue weighted by molar-refractivity contribution is 0.398.